The summed E-state index contributed by atoms with van der Waals surface area (Å²) in [4.78, 5) is 6.99. The van der Waals surface area contributed by atoms with E-state index in [4.69, 9.17) is 11.6 Å². The summed E-state index contributed by atoms with van der Waals surface area (Å²) in [5.41, 5.74) is 2.03. The van der Waals surface area contributed by atoms with E-state index in [-0.39, 0.29) is 17.1 Å². The minimum absolute atomic E-state index is 0. The Morgan fingerprint density at radius 1 is 0.871 bits per heavy atom. The van der Waals surface area contributed by atoms with Gasteiger partial charge in [-0.05, 0) is 102 Å². The molecule has 3 nitrogen and oxygen atoms in total. The molecule has 2 aromatic rings. The zero-order valence-corrected chi connectivity index (χ0v) is 19.4. The van der Waals surface area contributed by atoms with Crippen molar-refractivity contribution in [3.8, 4) is 0 Å². The van der Waals surface area contributed by atoms with Crippen LogP contribution in [0.15, 0.2) is 30.5 Å². The summed E-state index contributed by atoms with van der Waals surface area (Å²) >= 11 is 6.08. The molecule has 1 saturated heterocycles. The van der Waals surface area contributed by atoms with Crippen LogP contribution in [0.2, 0.25) is 5.02 Å². The van der Waals surface area contributed by atoms with Gasteiger partial charge in [0, 0.05) is 47.2 Å². The molecule has 1 N–H and O–H groups in total. The smallest absolute Gasteiger partial charge is 0.384 e. The zero-order chi connectivity index (χ0) is 20.6. The number of hydrogen-bond donors (Lipinski definition) is 1. The molecule has 1 aliphatic heterocycles. The second kappa shape index (κ2) is 13.0. The third-order valence-corrected chi connectivity index (χ3v) is 5.81. The van der Waals surface area contributed by atoms with Gasteiger partial charge in [0.05, 0.1) is 5.52 Å². The van der Waals surface area contributed by atoms with E-state index in [1.807, 2.05) is 62.6 Å². The van der Waals surface area contributed by atoms with E-state index in [0.717, 1.165) is 34.7 Å². The Labute approximate surface area is 204 Å². The Morgan fingerprint density at radius 3 is 2.32 bits per heavy atom. The van der Waals surface area contributed by atoms with E-state index in [0.29, 0.717) is 0 Å². The van der Waals surface area contributed by atoms with Gasteiger partial charge in [0.1, 0.15) is 0 Å². The topological polar surface area (TPSA) is 28.2 Å². The molecular weight excluding hydrogens is 446 g/mol. The SMILES string of the molecule is Clc1ccc2c(NC[C]3[CH][CH][CH][C]3CN3CCCCC3)ccnc2c1.[CH]1[CH][CH][CH][CH]1.[Fe+2]. The number of rotatable bonds is 5. The van der Waals surface area contributed by atoms with Crippen molar-refractivity contribution in [2.45, 2.75) is 19.3 Å². The number of hydrogen-bond acceptors (Lipinski definition) is 3. The van der Waals surface area contributed by atoms with Crippen LogP contribution in [0.25, 0.3) is 10.9 Å². The summed E-state index contributed by atoms with van der Waals surface area (Å²) in [5, 5.41) is 5.41. The first-order valence-corrected chi connectivity index (χ1v) is 11.1. The Hall–Kier alpha value is -0.801. The van der Waals surface area contributed by atoms with Gasteiger partial charge >= 0.3 is 17.1 Å². The van der Waals surface area contributed by atoms with Gasteiger partial charge in [-0.2, -0.15) is 0 Å². The summed E-state index contributed by atoms with van der Waals surface area (Å²) in [5.74, 6) is 2.82. The number of nitrogens with zero attached hydrogens (tertiary/aromatic N) is 2. The van der Waals surface area contributed by atoms with Crippen molar-refractivity contribution in [1.29, 1.82) is 0 Å². The normalized spacial score (nSPS) is 20.3. The summed E-state index contributed by atoms with van der Waals surface area (Å²) in [6, 6.07) is 7.89. The summed E-state index contributed by atoms with van der Waals surface area (Å²) < 4.78 is 0. The van der Waals surface area contributed by atoms with Crippen molar-refractivity contribution < 1.29 is 17.1 Å². The van der Waals surface area contributed by atoms with Gasteiger partial charge in [0.2, 0.25) is 0 Å². The standard InChI is InChI=1S/C21H23ClN3.C5H5.Fe/c22-18-7-8-19-20(9-10-23-21(19)13-18)24-14-16-5-4-6-17(16)15-25-11-2-1-3-12-25;1-2-4-5-3-1;/h4-10,13H,1-3,11-12,14-15H2,(H,23,24);1-5H;/q;;+2. The summed E-state index contributed by atoms with van der Waals surface area (Å²) in [6.45, 7) is 4.36. The largest absolute Gasteiger partial charge is 2.00 e. The quantitative estimate of drug-likeness (QED) is 0.575. The second-order valence-corrected chi connectivity index (χ2v) is 8.19. The zero-order valence-electron chi connectivity index (χ0n) is 17.6. The van der Waals surface area contributed by atoms with Gasteiger partial charge in [-0.25, -0.2) is 0 Å². The number of piperidine rings is 1. The second-order valence-electron chi connectivity index (χ2n) is 7.75. The first kappa shape index (κ1) is 24.8. The molecule has 2 heterocycles. The van der Waals surface area contributed by atoms with E-state index < -0.39 is 0 Å². The molecule has 5 rings (SSSR count). The minimum atomic E-state index is 0. The predicted molar refractivity (Wildman–Crippen MR) is 126 cm³/mol. The van der Waals surface area contributed by atoms with E-state index >= 15 is 0 Å². The Balaban J connectivity index is 0.000000401. The van der Waals surface area contributed by atoms with Gasteiger partial charge in [0.25, 0.3) is 0 Å². The van der Waals surface area contributed by atoms with Gasteiger partial charge in [-0.3, -0.25) is 4.98 Å². The van der Waals surface area contributed by atoms with Crippen LogP contribution in [0.1, 0.15) is 19.3 Å². The van der Waals surface area contributed by atoms with Crippen molar-refractivity contribution in [2.75, 3.05) is 31.5 Å². The number of benzene rings is 1. The summed E-state index contributed by atoms with van der Waals surface area (Å²) in [6.07, 6.45) is 22.5. The molecule has 2 aliphatic carbocycles. The van der Waals surface area contributed by atoms with E-state index in [9.17, 15) is 0 Å². The number of likely N-dealkylation sites (tertiary alicyclic amines) is 1. The Morgan fingerprint density at radius 2 is 1.58 bits per heavy atom. The van der Waals surface area contributed by atoms with Gasteiger partial charge < -0.3 is 10.2 Å². The fourth-order valence-corrected chi connectivity index (χ4v) is 4.13. The monoisotopic (exact) mass is 473 g/mol. The average Bonchev–Trinajstić information content (AvgIpc) is 3.48. The molecule has 0 atom stereocenters. The molecule has 0 amide bonds. The fraction of sp³-hybridized carbons (Fsp3) is 0.269. The molecule has 1 aromatic heterocycles. The van der Waals surface area contributed by atoms with Gasteiger partial charge in [0.15, 0.2) is 0 Å². The van der Waals surface area contributed by atoms with Crippen LogP contribution in [-0.4, -0.2) is 36.1 Å². The number of anilines is 1. The molecule has 160 valence electrons. The average molecular weight is 474 g/mol. The van der Waals surface area contributed by atoms with Crippen LogP contribution in [0.4, 0.5) is 5.69 Å². The molecule has 2 saturated carbocycles. The molecule has 10 radical (unpaired) electrons. The van der Waals surface area contributed by atoms with Crippen LogP contribution in [0, 0.1) is 63.2 Å². The molecule has 1 aromatic carbocycles. The van der Waals surface area contributed by atoms with Crippen molar-refractivity contribution in [3.05, 3.63) is 98.7 Å². The van der Waals surface area contributed by atoms with Crippen LogP contribution in [0.5, 0.6) is 0 Å². The molecular formula is C26H28ClFeN3+2. The molecule has 5 heteroatoms. The van der Waals surface area contributed by atoms with E-state index in [2.05, 4.69) is 34.5 Å². The number of fused-ring (bicyclic) bond motifs is 1. The Kier molecular flexibility index (Phi) is 10.4. The molecule has 0 spiro atoms. The molecule has 0 bridgehead atoms. The molecule has 31 heavy (non-hydrogen) atoms. The van der Waals surface area contributed by atoms with Crippen molar-refractivity contribution in [2.24, 2.45) is 0 Å². The van der Waals surface area contributed by atoms with Crippen molar-refractivity contribution in [1.82, 2.24) is 9.88 Å². The predicted octanol–water partition coefficient (Wildman–Crippen LogP) is 5.58. The van der Waals surface area contributed by atoms with Crippen LogP contribution >= 0.6 is 11.6 Å². The van der Waals surface area contributed by atoms with Gasteiger partial charge in [-0.15, -0.1) is 0 Å². The maximum Gasteiger partial charge on any atom is 2.00 e. The number of halogens is 1. The minimum Gasteiger partial charge on any atom is -0.384 e. The van der Waals surface area contributed by atoms with Crippen LogP contribution in [-0.2, 0) is 17.1 Å². The number of nitrogens with one attached hydrogen (secondary N) is 1. The van der Waals surface area contributed by atoms with Crippen molar-refractivity contribution in [3.63, 3.8) is 0 Å². The van der Waals surface area contributed by atoms with E-state index in [1.54, 1.807) is 0 Å². The van der Waals surface area contributed by atoms with E-state index in [1.165, 1.54) is 44.2 Å². The summed E-state index contributed by atoms with van der Waals surface area (Å²) in [7, 11) is 0. The first-order valence-electron chi connectivity index (χ1n) is 10.7. The maximum atomic E-state index is 6.08. The van der Waals surface area contributed by atoms with Gasteiger partial charge in [-0.1, -0.05) is 18.0 Å². The van der Waals surface area contributed by atoms with Crippen molar-refractivity contribution >= 4 is 28.2 Å². The number of aromatic nitrogens is 1. The number of pyridine rings is 1. The maximum absolute atomic E-state index is 6.08. The third kappa shape index (κ3) is 7.35. The van der Waals surface area contributed by atoms with Crippen LogP contribution < -0.4 is 5.32 Å². The third-order valence-electron chi connectivity index (χ3n) is 5.58. The fourth-order valence-electron chi connectivity index (χ4n) is 3.97. The first-order chi connectivity index (χ1) is 14.8. The Bertz CT molecular complexity index is 782. The molecule has 3 fully saturated rings. The molecule has 0 unspecified atom stereocenters. The molecule has 3 aliphatic rings. The van der Waals surface area contributed by atoms with Crippen LogP contribution in [0.3, 0.4) is 0 Å².